The molecule has 1 aromatic carbocycles. The summed E-state index contributed by atoms with van der Waals surface area (Å²) in [6.45, 7) is 1.25. The summed E-state index contributed by atoms with van der Waals surface area (Å²) >= 11 is 0. The number of hydrogen-bond donors (Lipinski definition) is 0. The number of carbonyl (C=O) groups is 1. The van der Waals surface area contributed by atoms with Crippen LogP contribution in [0.3, 0.4) is 0 Å². The topological polar surface area (TPSA) is 60.2 Å². The van der Waals surface area contributed by atoms with E-state index >= 15 is 0 Å². The fraction of sp³-hybridized carbons (Fsp3) is 0.471. The Morgan fingerprint density at radius 3 is 2.87 bits per heavy atom. The van der Waals surface area contributed by atoms with E-state index in [1.807, 2.05) is 35.2 Å². The number of para-hydroxylation sites is 1. The molecule has 2 aromatic rings. The molecule has 6 nitrogen and oxygen atoms in total. The summed E-state index contributed by atoms with van der Waals surface area (Å²) in [5.41, 5.74) is 1.25. The molecule has 2 fully saturated rings. The number of rotatable bonds is 2. The highest BCUT2D eigenvalue weighted by molar-refractivity contribution is 5.92. The van der Waals surface area contributed by atoms with E-state index < -0.39 is 0 Å². The SMILES string of the molecule is O=C(c1cnn(-c2ccccc2)n1)N1CCO[C@@H]2CCCC[C@H]21. The molecular formula is C17H20N4O2. The van der Waals surface area contributed by atoms with Gasteiger partial charge in [-0.25, -0.2) is 0 Å². The lowest BCUT2D eigenvalue weighted by molar-refractivity contribution is -0.0754. The first kappa shape index (κ1) is 14.4. The van der Waals surface area contributed by atoms with Crippen LogP contribution in [0.5, 0.6) is 0 Å². The predicted octanol–water partition coefficient (Wildman–Crippen LogP) is 2.05. The molecule has 2 aliphatic rings. The van der Waals surface area contributed by atoms with Crippen LogP contribution in [0, 0.1) is 0 Å². The summed E-state index contributed by atoms with van der Waals surface area (Å²) in [6, 6.07) is 9.81. The van der Waals surface area contributed by atoms with Crippen LogP contribution < -0.4 is 0 Å². The number of carbonyl (C=O) groups excluding carboxylic acids is 1. The van der Waals surface area contributed by atoms with Crippen molar-refractivity contribution in [2.45, 2.75) is 37.8 Å². The van der Waals surface area contributed by atoms with Crippen LogP contribution in [-0.2, 0) is 4.74 Å². The van der Waals surface area contributed by atoms with E-state index in [4.69, 9.17) is 4.74 Å². The highest BCUT2D eigenvalue weighted by Crippen LogP contribution is 2.29. The monoisotopic (exact) mass is 312 g/mol. The Morgan fingerprint density at radius 2 is 2.00 bits per heavy atom. The zero-order valence-electron chi connectivity index (χ0n) is 13.0. The number of aromatic nitrogens is 3. The molecule has 120 valence electrons. The lowest BCUT2D eigenvalue weighted by atomic mass is 9.90. The molecule has 2 heterocycles. The van der Waals surface area contributed by atoms with Gasteiger partial charge in [0.2, 0.25) is 0 Å². The lowest BCUT2D eigenvalue weighted by Gasteiger charge is -2.43. The van der Waals surface area contributed by atoms with Gasteiger partial charge in [0.1, 0.15) is 0 Å². The van der Waals surface area contributed by atoms with E-state index in [-0.39, 0.29) is 18.1 Å². The number of ether oxygens (including phenoxy) is 1. The largest absolute Gasteiger partial charge is 0.374 e. The lowest BCUT2D eigenvalue weighted by Crippen LogP contribution is -2.54. The Bertz CT molecular complexity index is 683. The minimum absolute atomic E-state index is 0.0348. The minimum atomic E-state index is -0.0348. The first-order chi connectivity index (χ1) is 11.3. The minimum Gasteiger partial charge on any atom is -0.374 e. The second kappa shape index (κ2) is 6.12. The van der Waals surface area contributed by atoms with E-state index in [0.717, 1.165) is 24.9 Å². The number of nitrogens with zero attached hydrogens (tertiary/aromatic N) is 4. The van der Waals surface area contributed by atoms with Gasteiger partial charge in [0.05, 0.1) is 30.6 Å². The van der Waals surface area contributed by atoms with Crippen molar-refractivity contribution >= 4 is 5.91 Å². The van der Waals surface area contributed by atoms with Gasteiger partial charge in [0.15, 0.2) is 5.69 Å². The molecule has 0 bridgehead atoms. The molecule has 6 heteroatoms. The summed E-state index contributed by atoms with van der Waals surface area (Å²) in [5, 5.41) is 8.60. The van der Waals surface area contributed by atoms with Crippen molar-refractivity contribution in [3.05, 3.63) is 42.2 Å². The molecule has 2 atom stereocenters. The first-order valence-corrected chi connectivity index (χ1v) is 8.23. The van der Waals surface area contributed by atoms with Gasteiger partial charge in [-0.1, -0.05) is 31.0 Å². The predicted molar refractivity (Wildman–Crippen MR) is 84.4 cm³/mol. The quantitative estimate of drug-likeness (QED) is 0.851. The second-order valence-electron chi connectivity index (χ2n) is 6.11. The van der Waals surface area contributed by atoms with Crippen LogP contribution in [0.1, 0.15) is 36.2 Å². The fourth-order valence-corrected chi connectivity index (χ4v) is 3.54. The number of benzene rings is 1. The second-order valence-corrected chi connectivity index (χ2v) is 6.11. The average molecular weight is 312 g/mol. The standard InChI is InChI=1S/C17H20N4O2/c22-17(20-10-11-23-16-9-5-4-8-15(16)20)14-12-18-21(19-14)13-6-2-1-3-7-13/h1-3,6-7,12,15-16H,4-5,8-11H2/t15-,16-/m1/s1. The van der Waals surface area contributed by atoms with Crippen molar-refractivity contribution in [1.29, 1.82) is 0 Å². The maximum absolute atomic E-state index is 12.9. The smallest absolute Gasteiger partial charge is 0.276 e. The van der Waals surface area contributed by atoms with Gasteiger partial charge >= 0.3 is 0 Å². The third kappa shape index (κ3) is 2.74. The number of fused-ring (bicyclic) bond motifs is 1. The normalized spacial score (nSPS) is 24.3. The van der Waals surface area contributed by atoms with Crippen molar-refractivity contribution < 1.29 is 9.53 Å². The Morgan fingerprint density at radius 1 is 1.17 bits per heavy atom. The van der Waals surface area contributed by atoms with Gasteiger partial charge in [-0.3, -0.25) is 4.79 Å². The van der Waals surface area contributed by atoms with Crippen molar-refractivity contribution in [3.63, 3.8) is 0 Å². The molecule has 0 radical (unpaired) electrons. The summed E-state index contributed by atoms with van der Waals surface area (Å²) in [5.74, 6) is -0.0348. The van der Waals surface area contributed by atoms with Gasteiger partial charge < -0.3 is 9.64 Å². The Kier molecular flexibility index (Phi) is 3.83. The van der Waals surface area contributed by atoms with Gasteiger partial charge in [-0.2, -0.15) is 9.90 Å². The van der Waals surface area contributed by atoms with E-state index in [0.29, 0.717) is 18.8 Å². The zero-order chi connectivity index (χ0) is 15.6. The molecule has 1 aromatic heterocycles. The molecule has 1 saturated heterocycles. The summed E-state index contributed by atoms with van der Waals surface area (Å²) in [7, 11) is 0. The van der Waals surface area contributed by atoms with E-state index in [2.05, 4.69) is 10.2 Å². The molecule has 0 N–H and O–H groups in total. The highest BCUT2D eigenvalue weighted by atomic mass is 16.5. The van der Waals surface area contributed by atoms with Gasteiger partial charge in [0.25, 0.3) is 5.91 Å². The summed E-state index contributed by atoms with van der Waals surface area (Å²) in [4.78, 5) is 16.3. The van der Waals surface area contributed by atoms with Crippen LogP contribution in [0.2, 0.25) is 0 Å². The van der Waals surface area contributed by atoms with Gasteiger partial charge in [-0.15, -0.1) is 5.10 Å². The van der Waals surface area contributed by atoms with E-state index in [1.165, 1.54) is 11.2 Å². The number of morpholine rings is 1. The molecule has 4 rings (SSSR count). The Balaban J connectivity index is 1.56. The maximum Gasteiger partial charge on any atom is 0.276 e. The number of amides is 1. The average Bonchev–Trinajstić information content (AvgIpc) is 3.11. The molecule has 1 amide bonds. The third-order valence-electron chi connectivity index (χ3n) is 4.69. The molecule has 23 heavy (non-hydrogen) atoms. The molecule has 0 unspecified atom stereocenters. The fourth-order valence-electron chi connectivity index (χ4n) is 3.54. The Labute approximate surface area is 135 Å². The molecule has 1 aliphatic heterocycles. The van der Waals surface area contributed by atoms with Crippen molar-refractivity contribution in [2.75, 3.05) is 13.2 Å². The van der Waals surface area contributed by atoms with Crippen molar-refractivity contribution in [3.8, 4) is 5.69 Å². The highest BCUT2D eigenvalue weighted by Gasteiger charge is 2.37. The molecule has 0 spiro atoms. The maximum atomic E-state index is 12.9. The molecule has 1 saturated carbocycles. The first-order valence-electron chi connectivity index (χ1n) is 8.23. The number of hydrogen-bond acceptors (Lipinski definition) is 4. The summed E-state index contributed by atoms with van der Waals surface area (Å²) < 4.78 is 5.84. The van der Waals surface area contributed by atoms with Gasteiger partial charge in [-0.05, 0) is 25.0 Å². The zero-order valence-corrected chi connectivity index (χ0v) is 13.0. The van der Waals surface area contributed by atoms with Crippen LogP contribution in [0.4, 0.5) is 0 Å². The van der Waals surface area contributed by atoms with Gasteiger partial charge in [0, 0.05) is 6.54 Å². The van der Waals surface area contributed by atoms with Crippen LogP contribution >= 0.6 is 0 Å². The molecular weight excluding hydrogens is 292 g/mol. The Hall–Kier alpha value is -2.21. The van der Waals surface area contributed by atoms with E-state index in [1.54, 1.807) is 6.20 Å². The van der Waals surface area contributed by atoms with Crippen LogP contribution in [-0.4, -0.2) is 51.1 Å². The van der Waals surface area contributed by atoms with Crippen molar-refractivity contribution in [2.24, 2.45) is 0 Å². The third-order valence-corrected chi connectivity index (χ3v) is 4.69. The van der Waals surface area contributed by atoms with E-state index in [9.17, 15) is 4.79 Å². The van der Waals surface area contributed by atoms with Crippen LogP contribution in [0.25, 0.3) is 5.69 Å². The summed E-state index contributed by atoms with van der Waals surface area (Å²) in [6.07, 6.45) is 6.15. The van der Waals surface area contributed by atoms with Crippen molar-refractivity contribution in [1.82, 2.24) is 19.9 Å². The van der Waals surface area contributed by atoms with Crippen LogP contribution in [0.15, 0.2) is 36.5 Å². The molecule has 1 aliphatic carbocycles.